The molecule has 2 saturated heterocycles. The van der Waals surface area contributed by atoms with Gasteiger partial charge in [-0.3, -0.25) is 14.7 Å². The van der Waals surface area contributed by atoms with Crippen LogP contribution in [-0.2, 0) is 9.63 Å². The number of pyridine rings is 1. The zero-order valence-corrected chi connectivity index (χ0v) is 15.4. The van der Waals surface area contributed by atoms with Gasteiger partial charge in [0.2, 0.25) is 0 Å². The van der Waals surface area contributed by atoms with Crippen LogP contribution in [0.5, 0.6) is 0 Å². The number of oxime groups is 1. The van der Waals surface area contributed by atoms with Gasteiger partial charge in [-0.15, -0.1) is 0 Å². The van der Waals surface area contributed by atoms with Gasteiger partial charge in [-0.05, 0) is 45.0 Å². The minimum absolute atomic E-state index is 0.187. The van der Waals surface area contributed by atoms with Crippen LogP contribution in [0.25, 0.3) is 0 Å². The second kappa shape index (κ2) is 7.32. The molecule has 7 nitrogen and oxygen atoms in total. The molecule has 0 aliphatic carbocycles. The van der Waals surface area contributed by atoms with E-state index in [1.54, 1.807) is 6.20 Å². The third kappa shape index (κ3) is 3.73. The van der Waals surface area contributed by atoms with Crippen molar-refractivity contribution in [2.75, 3.05) is 44.6 Å². The Hall–Kier alpha value is -1.99. The number of aryl methyl sites for hydroxylation is 1. The smallest absolute Gasteiger partial charge is 0.273 e. The summed E-state index contributed by atoms with van der Waals surface area (Å²) in [7, 11) is 0. The fraction of sp³-hybridized carbons (Fsp3) is 0.632. The van der Waals surface area contributed by atoms with Gasteiger partial charge in [0.1, 0.15) is 5.71 Å². The molecule has 1 amide bonds. The van der Waals surface area contributed by atoms with Crippen LogP contribution in [0.3, 0.4) is 0 Å². The number of anilines is 1. The van der Waals surface area contributed by atoms with Crippen molar-refractivity contribution in [2.45, 2.75) is 38.2 Å². The molecule has 0 radical (unpaired) electrons. The van der Waals surface area contributed by atoms with E-state index in [1.165, 1.54) is 25.9 Å². The summed E-state index contributed by atoms with van der Waals surface area (Å²) in [4.78, 5) is 27.5. The van der Waals surface area contributed by atoms with Crippen molar-refractivity contribution in [3.63, 3.8) is 0 Å². The van der Waals surface area contributed by atoms with E-state index in [0.717, 1.165) is 44.0 Å². The largest absolute Gasteiger partial charge is 0.387 e. The topological polar surface area (TPSA) is 70.1 Å². The third-order valence-electron chi connectivity index (χ3n) is 5.68. The Morgan fingerprint density at radius 3 is 2.88 bits per heavy atom. The first-order valence-corrected chi connectivity index (χ1v) is 9.56. The van der Waals surface area contributed by atoms with Gasteiger partial charge in [0.25, 0.3) is 5.91 Å². The number of hydrogen-bond donors (Lipinski definition) is 1. The van der Waals surface area contributed by atoms with E-state index in [-0.39, 0.29) is 11.5 Å². The normalized spacial score (nSPS) is 26.3. The highest BCUT2D eigenvalue weighted by Gasteiger charge is 2.46. The van der Waals surface area contributed by atoms with Crippen LogP contribution in [0.4, 0.5) is 5.69 Å². The summed E-state index contributed by atoms with van der Waals surface area (Å²) in [6.45, 7) is 8.41. The predicted octanol–water partition coefficient (Wildman–Crippen LogP) is 1.65. The fourth-order valence-corrected chi connectivity index (χ4v) is 4.08. The average Bonchev–Trinajstić information content (AvgIpc) is 3.38. The van der Waals surface area contributed by atoms with Crippen molar-refractivity contribution >= 4 is 17.3 Å². The molecule has 3 aliphatic rings. The van der Waals surface area contributed by atoms with Crippen LogP contribution >= 0.6 is 0 Å². The van der Waals surface area contributed by atoms with Crippen LogP contribution in [0.15, 0.2) is 23.5 Å². The zero-order valence-electron chi connectivity index (χ0n) is 15.4. The summed E-state index contributed by atoms with van der Waals surface area (Å²) in [5.41, 5.74) is 1.68. The van der Waals surface area contributed by atoms with Crippen molar-refractivity contribution < 1.29 is 9.63 Å². The summed E-state index contributed by atoms with van der Waals surface area (Å²) in [6, 6.07) is 3.66. The Morgan fingerprint density at radius 1 is 1.27 bits per heavy atom. The monoisotopic (exact) mass is 357 g/mol. The first-order valence-electron chi connectivity index (χ1n) is 9.56. The highest BCUT2D eigenvalue weighted by Crippen LogP contribution is 2.34. The maximum atomic E-state index is 12.5. The number of aromatic nitrogens is 1. The highest BCUT2D eigenvalue weighted by molar-refractivity contribution is 6.43. The fourth-order valence-electron chi connectivity index (χ4n) is 4.08. The number of amides is 1. The highest BCUT2D eigenvalue weighted by atomic mass is 16.7. The zero-order chi connectivity index (χ0) is 18.0. The van der Waals surface area contributed by atoms with Gasteiger partial charge in [0.15, 0.2) is 5.60 Å². The molecule has 0 bridgehead atoms. The summed E-state index contributed by atoms with van der Waals surface area (Å²) in [5, 5.41) is 7.02. The molecular formula is C19H27N5O2. The maximum Gasteiger partial charge on any atom is 0.273 e. The van der Waals surface area contributed by atoms with Gasteiger partial charge < -0.3 is 15.1 Å². The van der Waals surface area contributed by atoms with E-state index in [0.29, 0.717) is 12.1 Å². The van der Waals surface area contributed by atoms with Gasteiger partial charge in [0.05, 0.1) is 11.4 Å². The molecule has 2 fully saturated rings. The number of nitrogens with zero attached hydrogens (tertiary/aromatic N) is 4. The summed E-state index contributed by atoms with van der Waals surface area (Å²) in [6.07, 6.45) is 5.88. The summed E-state index contributed by atoms with van der Waals surface area (Å²) >= 11 is 0. The van der Waals surface area contributed by atoms with E-state index in [1.807, 2.05) is 19.1 Å². The van der Waals surface area contributed by atoms with Crippen LogP contribution in [-0.4, -0.2) is 71.3 Å². The van der Waals surface area contributed by atoms with Crippen molar-refractivity contribution in [2.24, 2.45) is 5.16 Å². The first-order chi connectivity index (χ1) is 12.6. The molecule has 140 valence electrons. The lowest BCUT2D eigenvalue weighted by molar-refractivity contribution is -0.110. The predicted molar refractivity (Wildman–Crippen MR) is 100 cm³/mol. The van der Waals surface area contributed by atoms with E-state index >= 15 is 0 Å². The van der Waals surface area contributed by atoms with Crippen molar-refractivity contribution in [1.29, 1.82) is 0 Å². The second-order valence-electron chi connectivity index (χ2n) is 7.65. The second-order valence-corrected chi connectivity index (χ2v) is 7.65. The van der Waals surface area contributed by atoms with Gasteiger partial charge in [0, 0.05) is 45.2 Å². The molecule has 7 heteroatoms. The standard InChI is InChI=1S/C19H27N5O2/c1-15-16(5-4-7-20-15)21-18(25)17-13-19(26-22-17)6-10-24(14-19)12-11-23-8-2-3-9-23/h4-5,7H,2-3,6,8-14H2,1H3,(H,21,25). The minimum Gasteiger partial charge on any atom is -0.387 e. The van der Waals surface area contributed by atoms with Crippen molar-refractivity contribution in [3.05, 3.63) is 24.0 Å². The molecule has 1 aromatic rings. The van der Waals surface area contributed by atoms with Crippen LogP contribution < -0.4 is 5.32 Å². The Labute approximate surface area is 154 Å². The minimum atomic E-state index is -0.318. The molecule has 1 spiro atoms. The van der Waals surface area contributed by atoms with E-state index in [2.05, 4.69) is 25.3 Å². The number of rotatable bonds is 5. The van der Waals surface area contributed by atoms with E-state index < -0.39 is 0 Å². The Bertz CT molecular complexity index is 701. The quantitative estimate of drug-likeness (QED) is 0.868. The van der Waals surface area contributed by atoms with Crippen LogP contribution in [0, 0.1) is 6.92 Å². The van der Waals surface area contributed by atoms with Crippen LogP contribution in [0.1, 0.15) is 31.4 Å². The number of nitrogens with one attached hydrogen (secondary N) is 1. The number of carbonyl (C=O) groups excluding carboxylic acids is 1. The Kier molecular flexibility index (Phi) is 4.91. The SMILES string of the molecule is Cc1ncccc1NC(=O)C1=NOC2(CCN(CCN3CCCC3)C2)C1. The molecule has 3 aliphatic heterocycles. The third-order valence-corrected chi connectivity index (χ3v) is 5.68. The van der Waals surface area contributed by atoms with E-state index in [4.69, 9.17) is 4.84 Å². The molecule has 0 aromatic carbocycles. The molecule has 4 rings (SSSR count). The van der Waals surface area contributed by atoms with Gasteiger partial charge >= 0.3 is 0 Å². The first kappa shape index (κ1) is 17.4. The van der Waals surface area contributed by atoms with Crippen molar-refractivity contribution in [1.82, 2.24) is 14.8 Å². The molecular weight excluding hydrogens is 330 g/mol. The molecule has 0 saturated carbocycles. The number of likely N-dealkylation sites (tertiary alicyclic amines) is 2. The molecule has 1 N–H and O–H groups in total. The average molecular weight is 357 g/mol. The molecule has 1 unspecified atom stereocenters. The lowest BCUT2D eigenvalue weighted by Crippen LogP contribution is -2.38. The van der Waals surface area contributed by atoms with Gasteiger partial charge in [-0.1, -0.05) is 5.16 Å². The summed E-state index contributed by atoms with van der Waals surface area (Å²) < 4.78 is 0. The molecule has 4 heterocycles. The lowest BCUT2D eigenvalue weighted by Gasteiger charge is -2.23. The molecule has 1 atom stereocenters. The molecule has 1 aromatic heterocycles. The van der Waals surface area contributed by atoms with E-state index in [9.17, 15) is 4.79 Å². The summed E-state index contributed by atoms with van der Waals surface area (Å²) in [5.74, 6) is -0.187. The van der Waals surface area contributed by atoms with Gasteiger partial charge in [-0.2, -0.15) is 0 Å². The lowest BCUT2D eigenvalue weighted by atomic mass is 9.96. The number of carbonyl (C=O) groups is 1. The maximum absolute atomic E-state index is 12.5. The number of hydrogen-bond acceptors (Lipinski definition) is 6. The molecule has 26 heavy (non-hydrogen) atoms. The Balaban J connectivity index is 1.28. The Morgan fingerprint density at radius 2 is 2.08 bits per heavy atom. The van der Waals surface area contributed by atoms with Gasteiger partial charge in [-0.25, -0.2) is 0 Å². The van der Waals surface area contributed by atoms with Crippen LogP contribution in [0.2, 0.25) is 0 Å². The van der Waals surface area contributed by atoms with Crippen molar-refractivity contribution in [3.8, 4) is 0 Å².